The normalized spacial score (nSPS) is 16.8. The summed E-state index contributed by atoms with van der Waals surface area (Å²) in [5.74, 6) is -3.86. The van der Waals surface area contributed by atoms with E-state index >= 15 is 0 Å². The number of aromatic nitrogens is 1. The number of likely N-dealkylation sites (N-methyl/N-ethyl adjacent to an activating group) is 1. The summed E-state index contributed by atoms with van der Waals surface area (Å²) in [5.41, 5.74) is 0.330. The number of anilines is 2. The number of hydrogen-bond donors (Lipinski definition) is 3. The van der Waals surface area contributed by atoms with Crippen molar-refractivity contribution in [3.63, 3.8) is 0 Å². The predicted octanol–water partition coefficient (Wildman–Crippen LogP) is 2.00. The van der Waals surface area contributed by atoms with Crippen LogP contribution in [0.2, 0.25) is 0 Å². The van der Waals surface area contributed by atoms with Gasteiger partial charge in [0, 0.05) is 12.6 Å². The topological polar surface area (TPSA) is 103 Å². The van der Waals surface area contributed by atoms with Gasteiger partial charge in [0.1, 0.15) is 17.9 Å². The quantitative estimate of drug-likeness (QED) is 0.588. The first-order valence-electron chi connectivity index (χ1n) is 10.6. The Morgan fingerprint density at radius 1 is 1.12 bits per heavy atom. The van der Waals surface area contributed by atoms with Crippen molar-refractivity contribution in [2.75, 3.05) is 17.3 Å². The summed E-state index contributed by atoms with van der Waals surface area (Å²) in [6.45, 7) is 5.21. The first-order valence-corrected chi connectivity index (χ1v) is 10.6. The molecule has 176 valence electrons. The van der Waals surface area contributed by atoms with Crippen LogP contribution in [-0.4, -0.2) is 47.9 Å². The molecular weight excluding hydrogens is 432 g/mol. The summed E-state index contributed by atoms with van der Waals surface area (Å²) in [7, 11) is 1.63. The van der Waals surface area contributed by atoms with Gasteiger partial charge in [-0.05, 0) is 43.7 Å². The Bertz CT molecular complexity index is 1060. The Labute approximate surface area is 190 Å². The molecule has 10 heteroatoms. The molecule has 1 aliphatic heterocycles. The highest BCUT2D eigenvalue weighted by atomic mass is 19.2. The van der Waals surface area contributed by atoms with E-state index in [1.807, 2.05) is 0 Å². The molecule has 1 aliphatic rings. The highest BCUT2D eigenvalue weighted by Crippen LogP contribution is 2.32. The van der Waals surface area contributed by atoms with E-state index in [0.717, 1.165) is 6.07 Å². The van der Waals surface area contributed by atoms with E-state index in [-0.39, 0.29) is 23.9 Å². The fourth-order valence-electron chi connectivity index (χ4n) is 3.61. The molecule has 2 heterocycles. The van der Waals surface area contributed by atoms with Crippen molar-refractivity contribution in [2.45, 2.75) is 45.3 Å². The fraction of sp³-hybridized carbons (Fsp3) is 0.391. The van der Waals surface area contributed by atoms with Gasteiger partial charge >= 0.3 is 0 Å². The number of hydrogen-bond acceptors (Lipinski definition) is 5. The van der Waals surface area contributed by atoms with Crippen LogP contribution in [0.4, 0.5) is 20.3 Å². The zero-order valence-electron chi connectivity index (χ0n) is 18.9. The van der Waals surface area contributed by atoms with Gasteiger partial charge in [0.2, 0.25) is 11.8 Å². The molecule has 3 N–H and O–H groups in total. The molecule has 1 aromatic heterocycles. The summed E-state index contributed by atoms with van der Waals surface area (Å²) in [6.07, 6.45) is 1.64. The standard InChI is InChI=1S/C23H27F2N5O3/c1-12(2)19(29-21(31)13(3)26-4)23(33)30-17(11-14-7-6-10-27-20(14)30)22(32)28-16-9-5-8-15(24)18(16)25/h5-10,12-13,17,19,26H,11H2,1-4H3,(H,28,32)(H,29,31)/t13-,17?,19?/m0/s1. The summed E-state index contributed by atoms with van der Waals surface area (Å²) in [5, 5.41) is 7.93. The van der Waals surface area contributed by atoms with Crippen molar-refractivity contribution in [1.82, 2.24) is 15.6 Å². The third kappa shape index (κ3) is 5.00. The Balaban J connectivity index is 1.93. The van der Waals surface area contributed by atoms with Gasteiger partial charge in [0.15, 0.2) is 11.6 Å². The lowest BCUT2D eigenvalue weighted by Crippen LogP contribution is -2.57. The largest absolute Gasteiger partial charge is 0.343 e. The molecule has 2 unspecified atom stereocenters. The summed E-state index contributed by atoms with van der Waals surface area (Å²) < 4.78 is 27.7. The molecule has 0 bridgehead atoms. The number of carbonyl (C=O) groups is 3. The molecule has 0 aliphatic carbocycles. The molecule has 3 rings (SSSR count). The van der Waals surface area contributed by atoms with E-state index in [0.29, 0.717) is 11.4 Å². The minimum atomic E-state index is -1.19. The van der Waals surface area contributed by atoms with Crippen molar-refractivity contribution >= 4 is 29.2 Å². The second kappa shape index (κ2) is 10.0. The number of halogens is 2. The van der Waals surface area contributed by atoms with Gasteiger partial charge in [-0.25, -0.2) is 13.8 Å². The maximum Gasteiger partial charge on any atom is 0.251 e. The lowest BCUT2D eigenvalue weighted by atomic mass is 10.0. The van der Waals surface area contributed by atoms with Crippen LogP contribution in [0.15, 0.2) is 36.5 Å². The minimum Gasteiger partial charge on any atom is -0.343 e. The molecule has 0 radical (unpaired) electrons. The first-order chi connectivity index (χ1) is 15.6. The minimum absolute atomic E-state index is 0.142. The van der Waals surface area contributed by atoms with Crippen LogP contribution < -0.4 is 20.9 Å². The van der Waals surface area contributed by atoms with Crippen LogP contribution in [0.5, 0.6) is 0 Å². The second-order valence-electron chi connectivity index (χ2n) is 8.25. The van der Waals surface area contributed by atoms with Gasteiger partial charge < -0.3 is 16.0 Å². The molecule has 0 spiro atoms. The van der Waals surface area contributed by atoms with Gasteiger partial charge in [-0.2, -0.15) is 0 Å². The number of fused-ring (bicyclic) bond motifs is 1. The number of nitrogens with one attached hydrogen (secondary N) is 3. The summed E-state index contributed by atoms with van der Waals surface area (Å²) in [6, 6.07) is 4.37. The maximum absolute atomic E-state index is 14.1. The van der Waals surface area contributed by atoms with Crippen molar-refractivity contribution < 1.29 is 23.2 Å². The van der Waals surface area contributed by atoms with Crippen molar-refractivity contribution in [3.8, 4) is 0 Å². The zero-order valence-corrected chi connectivity index (χ0v) is 18.9. The number of benzene rings is 1. The molecule has 33 heavy (non-hydrogen) atoms. The van der Waals surface area contributed by atoms with E-state index in [4.69, 9.17) is 0 Å². The van der Waals surface area contributed by atoms with Gasteiger partial charge in [-0.1, -0.05) is 26.0 Å². The Morgan fingerprint density at radius 2 is 1.85 bits per heavy atom. The monoisotopic (exact) mass is 459 g/mol. The van der Waals surface area contributed by atoms with E-state index < -0.39 is 41.6 Å². The molecule has 2 aromatic rings. The van der Waals surface area contributed by atoms with Crippen LogP contribution in [0.3, 0.4) is 0 Å². The second-order valence-corrected chi connectivity index (χ2v) is 8.25. The number of amides is 3. The van der Waals surface area contributed by atoms with E-state index in [2.05, 4.69) is 20.9 Å². The highest BCUT2D eigenvalue weighted by molar-refractivity contribution is 6.09. The smallest absolute Gasteiger partial charge is 0.251 e. The van der Waals surface area contributed by atoms with Gasteiger partial charge in [0.25, 0.3) is 5.91 Å². The van der Waals surface area contributed by atoms with Gasteiger partial charge in [-0.15, -0.1) is 0 Å². The zero-order chi connectivity index (χ0) is 24.3. The van der Waals surface area contributed by atoms with Crippen molar-refractivity contribution in [3.05, 3.63) is 53.7 Å². The number of pyridine rings is 1. The SMILES string of the molecule is CN[C@@H](C)C(=O)NC(C(=O)N1c2ncccc2CC1C(=O)Nc1cccc(F)c1F)C(C)C. The molecule has 3 amide bonds. The summed E-state index contributed by atoms with van der Waals surface area (Å²) in [4.78, 5) is 44.7. The van der Waals surface area contributed by atoms with E-state index in [1.54, 1.807) is 40.0 Å². The third-order valence-electron chi connectivity index (χ3n) is 5.63. The average molecular weight is 459 g/mol. The molecule has 0 saturated carbocycles. The number of carbonyl (C=O) groups excluding carboxylic acids is 3. The van der Waals surface area contributed by atoms with Crippen LogP contribution in [0.25, 0.3) is 0 Å². The molecular formula is C23H27F2N5O3. The molecule has 3 atom stereocenters. The first kappa shape index (κ1) is 24.2. The van der Waals surface area contributed by atoms with Crippen LogP contribution in [0.1, 0.15) is 26.3 Å². The van der Waals surface area contributed by atoms with Crippen LogP contribution in [0, 0.1) is 17.6 Å². The van der Waals surface area contributed by atoms with E-state index in [9.17, 15) is 23.2 Å². The lowest BCUT2D eigenvalue weighted by molar-refractivity contribution is -0.130. The fourth-order valence-corrected chi connectivity index (χ4v) is 3.61. The van der Waals surface area contributed by atoms with Crippen LogP contribution >= 0.6 is 0 Å². The van der Waals surface area contributed by atoms with Crippen molar-refractivity contribution in [1.29, 1.82) is 0 Å². The average Bonchev–Trinajstić information content (AvgIpc) is 3.18. The van der Waals surface area contributed by atoms with Crippen LogP contribution in [-0.2, 0) is 20.8 Å². The van der Waals surface area contributed by atoms with E-state index in [1.165, 1.54) is 23.2 Å². The molecule has 0 saturated heterocycles. The third-order valence-corrected chi connectivity index (χ3v) is 5.63. The van der Waals surface area contributed by atoms with Gasteiger partial charge in [-0.3, -0.25) is 19.3 Å². The Hall–Kier alpha value is -3.40. The molecule has 8 nitrogen and oxygen atoms in total. The highest BCUT2D eigenvalue weighted by Gasteiger charge is 2.43. The van der Waals surface area contributed by atoms with Crippen molar-refractivity contribution in [2.24, 2.45) is 5.92 Å². The lowest BCUT2D eigenvalue weighted by Gasteiger charge is -2.31. The molecule has 1 aromatic carbocycles. The van der Waals surface area contributed by atoms with Gasteiger partial charge in [0.05, 0.1) is 11.7 Å². The Kier molecular flexibility index (Phi) is 7.37. The Morgan fingerprint density at radius 3 is 2.52 bits per heavy atom. The number of nitrogens with zero attached hydrogens (tertiary/aromatic N) is 2. The molecule has 0 fully saturated rings. The number of rotatable bonds is 7. The maximum atomic E-state index is 14.1. The predicted molar refractivity (Wildman–Crippen MR) is 119 cm³/mol. The summed E-state index contributed by atoms with van der Waals surface area (Å²) >= 11 is 0.